The van der Waals surface area contributed by atoms with Crippen LogP contribution in [0.5, 0.6) is 0 Å². The molecule has 11 heavy (non-hydrogen) atoms. The summed E-state index contributed by atoms with van der Waals surface area (Å²) in [6, 6.07) is 5.90. The third-order valence-electron chi connectivity index (χ3n) is 1.78. The van der Waals surface area contributed by atoms with Crippen molar-refractivity contribution >= 4 is 15.9 Å². The van der Waals surface area contributed by atoms with Crippen molar-refractivity contribution in [3.63, 3.8) is 0 Å². The summed E-state index contributed by atoms with van der Waals surface area (Å²) in [7, 11) is 0. The van der Waals surface area contributed by atoms with Gasteiger partial charge in [0.1, 0.15) is 6.07 Å². The molecule has 0 aliphatic carbocycles. The number of hydrogen-bond donors (Lipinski definition) is 0. The molecule has 0 spiro atoms. The molecule has 0 saturated carbocycles. The largest absolute Gasteiger partial charge is 0.192 e. The normalized spacial score (nSPS) is 9.27. The van der Waals surface area contributed by atoms with Crippen LogP contribution in [0.4, 0.5) is 0 Å². The van der Waals surface area contributed by atoms with Crippen molar-refractivity contribution in [2.75, 3.05) is 0 Å². The van der Waals surface area contributed by atoms with Gasteiger partial charge in [0.15, 0.2) is 0 Å². The van der Waals surface area contributed by atoms with E-state index in [-0.39, 0.29) is 0 Å². The van der Waals surface area contributed by atoms with E-state index in [1.54, 1.807) is 0 Å². The SMILES string of the molecule is Cc1ccc(C#N)c(Br)c1C. The molecule has 0 radical (unpaired) electrons. The van der Waals surface area contributed by atoms with Gasteiger partial charge >= 0.3 is 0 Å². The Hall–Kier alpha value is -0.810. The van der Waals surface area contributed by atoms with Gasteiger partial charge in [0.05, 0.1) is 5.56 Å². The van der Waals surface area contributed by atoms with Crippen LogP contribution in [0.2, 0.25) is 0 Å². The maximum absolute atomic E-state index is 8.65. The molecule has 0 aliphatic rings. The van der Waals surface area contributed by atoms with Crippen LogP contribution in [-0.2, 0) is 0 Å². The van der Waals surface area contributed by atoms with E-state index in [4.69, 9.17) is 5.26 Å². The maximum Gasteiger partial charge on any atom is 0.100 e. The van der Waals surface area contributed by atoms with Gasteiger partial charge in [-0.15, -0.1) is 0 Å². The quantitative estimate of drug-likeness (QED) is 0.645. The lowest BCUT2D eigenvalue weighted by Gasteiger charge is -2.02. The van der Waals surface area contributed by atoms with E-state index in [1.807, 2.05) is 26.0 Å². The Balaban J connectivity index is 3.40. The van der Waals surface area contributed by atoms with Crippen molar-refractivity contribution in [3.05, 3.63) is 33.3 Å². The Bertz CT molecular complexity index is 323. The summed E-state index contributed by atoms with van der Waals surface area (Å²) in [5, 5.41) is 8.65. The van der Waals surface area contributed by atoms with Crippen molar-refractivity contribution < 1.29 is 0 Å². The van der Waals surface area contributed by atoms with E-state index in [1.165, 1.54) is 5.56 Å². The average molecular weight is 210 g/mol. The molecule has 1 aromatic carbocycles. The van der Waals surface area contributed by atoms with E-state index < -0.39 is 0 Å². The molecular weight excluding hydrogens is 202 g/mol. The van der Waals surface area contributed by atoms with Crippen LogP contribution in [0.15, 0.2) is 16.6 Å². The van der Waals surface area contributed by atoms with E-state index >= 15 is 0 Å². The topological polar surface area (TPSA) is 23.8 Å². The van der Waals surface area contributed by atoms with E-state index in [9.17, 15) is 0 Å². The molecule has 0 atom stereocenters. The zero-order valence-corrected chi connectivity index (χ0v) is 8.07. The molecule has 0 aromatic heterocycles. The highest BCUT2D eigenvalue weighted by Gasteiger charge is 2.02. The molecule has 0 aliphatic heterocycles. The lowest BCUT2D eigenvalue weighted by molar-refractivity contribution is 1.30. The molecule has 0 unspecified atom stereocenters. The van der Waals surface area contributed by atoms with Gasteiger partial charge in [0.2, 0.25) is 0 Å². The summed E-state index contributed by atoms with van der Waals surface area (Å²) in [5.74, 6) is 0. The monoisotopic (exact) mass is 209 g/mol. The van der Waals surface area contributed by atoms with E-state index in [0.717, 1.165) is 10.0 Å². The van der Waals surface area contributed by atoms with Gasteiger partial charge in [-0.05, 0) is 47.0 Å². The van der Waals surface area contributed by atoms with Gasteiger partial charge in [-0.25, -0.2) is 0 Å². The minimum Gasteiger partial charge on any atom is -0.192 e. The molecule has 1 aromatic rings. The van der Waals surface area contributed by atoms with E-state index in [0.29, 0.717) is 5.56 Å². The molecular formula is C9H8BrN. The average Bonchev–Trinajstić information content (AvgIpc) is 2.01. The highest BCUT2D eigenvalue weighted by molar-refractivity contribution is 9.10. The summed E-state index contributed by atoms with van der Waals surface area (Å²) in [6.07, 6.45) is 0. The number of aryl methyl sites for hydroxylation is 1. The summed E-state index contributed by atoms with van der Waals surface area (Å²) in [5.41, 5.74) is 3.05. The number of benzene rings is 1. The molecule has 2 heteroatoms. The fraction of sp³-hybridized carbons (Fsp3) is 0.222. The van der Waals surface area contributed by atoms with Crippen molar-refractivity contribution in [2.45, 2.75) is 13.8 Å². The van der Waals surface area contributed by atoms with Gasteiger partial charge in [-0.1, -0.05) is 6.07 Å². The first-order valence-corrected chi connectivity index (χ1v) is 4.12. The zero-order chi connectivity index (χ0) is 8.43. The number of nitriles is 1. The lowest BCUT2D eigenvalue weighted by atomic mass is 10.1. The lowest BCUT2D eigenvalue weighted by Crippen LogP contribution is -1.85. The van der Waals surface area contributed by atoms with Crippen LogP contribution in [0.1, 0.15) is 16.7 Å². The second-order valence-electron chi connectivity index (χ2n) is 2.48. The van der Waals surface area contributed by atoms with Gasteiger partial charge in [-0.2, -0.15) is 5.26 Å². The van der Waals surface area contributed by atoms with Gasteiger partial charge in [0, 0.05) is 4.47 Å². The molecule has 0 bridgehead atoms. The Morgan fingerprint density at radius 1 is 1.36 bits per heavy atom. The molecule has 1 nitrogen and oxygen atoms in total. The Labute approximate surface area is 74.8 Å². The van der Waals surface area contributed by atoms with Crippen molar-refractivity contribution in [3.8, 4) is 6.07 Å². The summed E-state index contributed by atoms with van der Waals surface area (Å²) in [4.78, 5) is 0. The highest BCUT2D eigenvalue weighted by atomic mass is 79.9. The Morgan fingerprint density at radius 2 is 2.00 bits per heavy atom. The van der Waals surface area contributed by atoms with Crippen LogP contribution >= 0.6 is 15.9 Å². The smallest absolute Gasteiger partial charge is 0.100 e. The third kappa shape index (κ3) is 1.44. The number of rotatable bonds is 0. The number of halogens is 1. The molecule has 0 N–H and O–H groups in total. The Kier molecular flexibility index (Phi) is 2.31. The van der Waals surface area contributed by atoms with Crippen molar-refractivity contribution in [1.82, 2.24) is 0 Å². The fourth-order valence-corrected chi connectivity index (χ4v) is 1.40. The van der Waals surface area contributed by atoms with Crippen LogP contribution < -0.4 is 0 Å². The summed E-state index contributed by atoms with van der Waals surface area (Å²) >= 11 is 3.37. The predicted octanol–water partition coefficient (Wildman–Crippen LogP) is 2.94. The zero-order valence-electron chi connectivity index (χ0n) is 6.48. The highest BCUT2D eigenvalue weighted by Crippen LogP contribution is 2.22. The van der Waals surface area contributed by atoms with Crippen LogP contribution in [-0.4, -0.2) is 0 Å². The van der Waals surface area contributed by atoms with Gasteiger partial charge < -0.3 is 0 Å². The fourth-order valence-electron chi connectivity index (χ4n) is 0.868. The molecule has 1 rings (SSSR count). The molecule has 0 amide bonds. The first kappa shape index (κ1) is 8.29. The van der Waals surface area contributed by atoms with Crippen molar-refractivity contribution in [2.24, 2.45) is 0 Å². The van der Waals surface area contributed by atoms with E-state index in [2.05, 4.69) is 22.0 Å². The van der Waals surface area contributed by atoms with Gasteiger partial charge in [0.25, 0.3) is 0 Å². The standard InChI is InChI=1S/C9H8BrN/c1-6-3-4-8(5-11)9(10)7(6)2/h3-4H,1-2H3. The number of nitrogens with zero attached hydrogens (tertiary/aromatic N) is 1. The van der Waals surface area contributed by atoms with Gasteiger partial charge in [-0.3, -0.25) is 0 Å². The van der Waals surface area contributed by atoms with Crippen LogP contribution in [0.25, 0.3) is 0 Å². The Morgan fingerprint density at radius 3 is 2.55 bits per heavy atom. The second kappa shape index (κ2) is 3.06. The maximum atomic E-state index is 8.65. The molecule has 0 saturated heterocycles. The predicted molar refractivity (Wildman–Crippen MR) is 48.3 cm³/mol. The van der Waals surface area contributed by atoms with Crippen LogP contribution in [0.3, 0.4) is 0 Å². The summed E-state index contributed by atoms with van der Waals surface area (Å²) in [6.45, 7) is 4.03. The van der Waals surface area contributed by atoms with Crippen LogP contribution in [0, 0.1) is 25.2 Å². The first-order valence-electron chi connectivity index (χ1n) is 3.32. The molecule has 56 valence electrons. The second-order valence-corrected chi connectivity index (χ2v) is 3.27. The third-order valence-corrected chi connectivity index (χ3v) is 2.80. The minimum atomic E-state index is 0.702. The minimum absolute atomic E-state index is 0.702. The summed E-state index contributed by atoms with van der Waals surface area (Å²) < 4.78 is 0.917. The first-order chi connectivity index (χ1) is 5.16. The molecule has 0 heterocycles. The molecule has 0 fully saturated rings. The number of hydrogen-bond acceptors (Lipinski definition) is 1. The van der Waals surface area contributed by atoms with Crippen molar-refractivity contribution in [1.29, 1.82) is 5.26 Å².